The molecule has 0 aromatic carbocycles. The van der Waals surface area contributed by atoms with Crippen molar-refractivity contribution in [3.05, 3.63) is 15.6 Å². The zero-order valence-electron chi connectivity index (χ0n) is 11.9. The molecule has 0 spiro atoms. The summed E-state index contributed by atoms with van der Waals surface area (Å²) in [4.78, 5) is 19.7. The minimum Gasteiger partial charge on any atom is -0.350 e. The Morgan fingerprint density at radius 2 is 2.11 bits per heavy atom. The summed E-state index contributed by atoms with van der Waals surface area (Å²) < 4.78 is 0. The molecule has 0 saturated carbocycles. The van der Waals surface area contributed by atoms with Crippen molar-refractivity contribution in [3.63, 3.8) is 0 Å². The monoisotopic (exact) mass is 281 g/mol. The predicted octanol–water partition coefficient (Wildman–Crippen LogP) is 2.23. The largest absolute Gasteiger partial charge is 0.350 e. The lowest BCUT2D eigenvalue weighted by molar-refractivity contribution is 0.0950. The fraction of sp³-hybridized carbons (Fsp3) is 0.714. The van der Waals surface area contributed by atoms with Crippen LogP contribution in [-0.4, -0.2) is 42.0 Å². The molecule has 1 fully saturated rings. The van der Waals surface area contributed by atoms with E-state index in [4.69, 9.17) is 0 Å². The Kier molecular flexibility index (Phi) is 5.34. The van der Waals surface area contributed by atoms with Gasteiger partial charge in [-0.05, 0) is 39.3 Å². The Bertz CT molecular complexity index is 424. The number of likely N-dealkylation sites (tertiary alicyclic amines) is 1. The molecule has 1 aromatic heterocycles. The molecule has 19 heavy (non-hydrogen) atoms. The van der Waals surface area contributed by atoms with E-state index in [9.17, 15) is 4.79 Å². The van der Waals surface area contributed by atoms with Crippen LogP contribution in [0.3, 0.4) is 0 Å². The van der Waals surface area contributed by atoms with E-state index in [1.54, 1.807) is 0 Å². The molecule has 0 unspecified atom stereocenters. The molecular weight excluding hydrogens is 258 g/mol. The van der Waals surface area contributed by atoms with Crippen LogP contribution in [0.4, 0.5) is 0 Å². The number of hydrogen-bond donors (Lipinski definition) is 1. The molecule has 1 aromatic rings. The van der Waals surface area contributed by atoms with Gasteiger partial charge in [0.1, 0.15) is 4.88 Å². The fourth-order valence-corrected chi connectivity index (χ4v) is 3.33. The van der Waals surface area contributed by atoms with Crippen molar-refractivity contribution >= 4 is 17.2 Å². The summed E-state index contributed by atoms with van der Waals surface area (Å²) in [6.45, 7) is 8.03. The van der Waals surface area contributed by atoms with Crippen LogP contribution >= 0.6 is 11.3 Å². The highest BCUT2D eigenvalue weighted by Crippen LogP contribution is 2.18. The first-order valence-corrected chi connectivity index (χ1v) is 7.99. The van der Waals surface area contributed by atoms with Crippen LogP contribution in [0.2, 0.25) is 0 Å². The van der Waals surface area contributed by atoms with Gasteiger partial charge >= 0.3 is 0 Å². The van der Waals surface area contributed by atoms with Crippen LogP contribution in [-0.2, 0) is 6.42 Å². The molecule has 0 atom stereocenters. The van der Waals surface area contributed by atoms with E-state index in [2.05, 4.69) is 22.1 Å². The maximum absolute atomic E-state index is 12.1. The maximum Gasteiger partial charge on any atom is 0.263 e. The number of piperidine rings is 1. The lowest BCUT2D eigenvalue weighted by atomic mass is 10.1. The highest BCUT2D eigenvalue weighted by Gasteiger charge is 2.15. The van der Waals surface area contributed by atoms with Crippen molar-refractivity contribution in [2.24, 2.45) is 0 Å². The molecule has 1 amide bonds. The minimum absolute atomic E-state index is 0.0340. The number of amides is 1. The molecule has 2 heterocycles. The van der Waals surface area contributed by atoms with Crippen LogP contribution in [0.5, 0.6) is 0 Å². The van der Waals surface area contributed by atoms with E-state index in [1.807, 2.05) is 6.92 Å². The van der Waals surface area contributed by atoms with Crippen LogP contribution < -0.4 is 5.32 Å². The third-order valence-corrected chi connectivity index (χ3v) is 4.81. The first-order chi connectivity index (χ1) is 9.20. The van der Waals surface area contributed by atoms with Gasteiger partial charge in [-0.1, -0.05) is 13.3 Å². The van der Waals surface area contributed by atoms with E-state index in [1.165, 1.54) is 43.7 Å². The Hall–Kier alpha value is -0.940. The van der Waals surface area contributed by atoms with E-state index in [0.717, 1.165) is 35.1 Å². The van der Waals surface area contributed by atoms with E-state index in [0.29, 0.717) is 0 Å². The van der Waals surface area contributed by atoms with Gasteiger partial charge in [-0.2, -0.15) is 0 Å². The zero-order chi connectivity index (χ0) is 13.7. The topological polar surface area (TPSA) is 45.2 Å². The Balaban J connectivity index is 1.78. The van der Waals surface area contributed by atoms with Gasteiger partial charge in [-0.15, -0.1) is 11.3 Å². The Morgan fingerprint density at radius 3 is 2.74 bits per heavy atom. The molecule has 1 aliphatic heterocycles. The average molecular weight is 281 g/mol. The van der Waals surface area contributed by atoms with Gasteiger partial charge in [-0.25, -0.2) is 4.98 Å². The standard InChI is InChI=1S/C14H23N3OS/c1-3-12-16-11(2)13(19-12)14(18)15-7-10-17-8-5-4-6-9-17/h3-10H2,1-2H3,(H,15,18). The first kappa shape index (κ1) is 14.5. The van der Waals surface area contributed by atoms with Gasteiger partial charge in [0.05, 0.1) is 10.7 Å². The summed E-state index contributed by atoms with van der Waals surface area (Å²) in [5, 5.41) is 4.05. The molecule has 1 saturated heterocycles. The summed E-state index contributed by atoms with van der Waals surface area (Å²) in [6, 6.07) is 0. The van der Waals surface area contributed by atoms with E-state index in [-0.39, 0.29) is 5.91 Å². The number of carbonyl (C=O) groups is 1. The quantitative estimate of drug-likeness (QED) is 0.900. The van der Waals surface area contributed by atoms with E-state index < -0.39 is 0 Å². The second-order valence-electron chi connectivity index (χ2n) is 5.03. The summed E-state index contributed by atoms with van der Waals surface area (Å²) in [5.74, 6) is 0.0340. The number of thiazole rings is 1. The van der Waals surface area contributed by atoms with Crippen molar-refractivity contribution in [1.29, 1.82) is 0 Å². The summed E-state index contributed by atoms with van der Waals surface area (Å²) in [6.07, 6.45) is 4.83. The lowest BCUT2D eigenvalue weighted by Gasteiger charge is -2.26. The molecule has 106 valence electrons. The number of hydrogen-bond acceptors (Lipinski definition) is 4. The first-order valence-electron chi connectivity index (χ1n) is 7.17. The summed E-state index contributed by atoms with van der Waals surface area (Å²) in [5.41, 5.74) is 0.859. The fourth-order valence-electron chi connectivity index (χ4n) is 2.41. The lowest BCUT2D eigenvalue weighted by Crippen LogP contribution is -2.37. The Labute approximate surface area is 119 Å². The van der Waals surface area contributed by atoms with Crippen LogP contribution in [0, 0.1) is 6.92 Å². The van der Waals surface area contributed by atoms with E-state index >= 15 is 0 Å². The van der Waals surface area contributed by atoms with Gasteiger partial charge < -0.3 is 10.2 Å². The SMILES string of the molecule is CCc1nc(C)c(C(=O)NCCN2CCCCC2)s1. The number of aryl methyl sites for hydroxylation is 2. The molecule has 2 rings (SSSR count). The van der Waals surface area contributed by atoms with Crippen molar-refractivity contribution in [3.8, 4) is 0 Å². The van der Waals surface area contributed by atoms with Crippen LogP contribution in [0.1, 0.15) is 46.6 Å². The van der Waals surface area contributed by atoms with Crippen molar-refractivity contribution < 1.29 is 4.79 Å². The molecule has 0 radical (unpaired) electrons. The number of carbonyl (C=O) groups excluding carboxylic acids is 1. The third-order valence-electron chi connectivity index (χ3n) is 3.51. The minimum atomic E-state index is 0.0340. The maximum atomic E-state index is 12.1. The number of nitrogens with zero attached hydrogens (tertiary/aromatic N) is 2. The number of rotatable bonds is 5. The van der Waals surface area contributed by atoms with Crippen LogP contribution in [0.15, 0.2) is 0 Å². The van der Waals surface area contributed by atoms with Crippen molar-refractivity contribution in [1.82, 2.24) is 15.2 Å². The van der Waals surface area contributed by atoms with Gasteiger partial charge in [0.25, 0.3) is 5.91 Å². The third kappa shape index (κ3) is 4.01. The zero-order valence-corrected chi connectivity index (χ0v) is 12.7. The Morgan fingerprint density at radius 1 is 1.37 bits per heavy atom. The van der Waals surface area contributed by atoms with Gasteiger partial charge in [0.15, 0.2) is 0 Å². The second-order valence-corrected chi connectivity index (χ2v) is 6.12. The molecule has 4 nitrogen and oxygen atoms in total. The summed E-state index contributed by atoms with van der Waals surface area (Å²) >= 11 is 1.52. The smallest absolute Gasteiger partial charge is 0.263 e. The molecule has 1 aliphatic rings. The highest BCUT2D eigenvalue weighted by molar-refractivity contribution is 7.13. The second kappa shape index (κ2) is 7.01. The molecule has 1 N–H and O–H groups in total. The normalized spacial score (nSPS) is 16.5. The summed E-state index contributed by atoms with van der Waals surface area (Å²) in [7, 11) is 0. The predicted molar refractivity (Wildman–Crippen MR) is 78.9 cm³/mol. The number of nitrogens with one attached hydrogen (secondary N) is 1. The molecule has 0 aliphatic carbocycles. The number of aromatic nitrogens is 1. The molecular formula is C14H23N3OS. The average Bonchev–Trinajstić information content (AvgIpc) is 2.81. The van der Waals surface area contributed by atoms with Crippen LogP contribution in [0.25, 0.3) is 0 Å². The van der Waals surface area contributed by atoms with Gasteiger partial charge in [0.2, 0.25) is 0 Å². The van der Waals surface area contributed by atoms with Gasteiger partial charge in [-0.3, -0.25) is 4.79 Å². The molecule has 5 heteroatoms. The highest BCUT2D eigenvalue weighted by atomic mass is 32.1. The van der Waals surface area contributed by atoms with Crippen molar-refractivity contribution in [2.45, 2.75) is 39.5 Å². The van der Waals surface area contributed by atoms with Gasteiger partial charge in [0, 0.05) is 13.1 Å². The molecule has 0 bridgehead atoms. The van der Waals surface area contributed by atoms with Crippen molar-refractivity contribution in [2.75, 3.05) is 26.2 Å².